The molecule has 4 nitrogen and oxygen atoms in total. The highest BCUT2D eigenvalue weighted by Crippen LogP contribution is 2.21. The lowest BCUT2D eigenvalue weighted by Gasteiger charge is -2.27. The second-order valence-electron chi connectivity index (χ2n) is 4.55. The van der Waals surface area contributed by atoms with E-state index < -0.39 is 0 Å². The van der Waals surface area contributed by atoms with E-state index in [4.69, 9.17) is 11.6 Å². The first-order valence-corrected chi connectivity index (χ1v) is 6.69. The molecule has 0 bridgehead atoms. The Kier molecular flexibility index (Phi) is 3.36. The number of fused-ring (bicyclic) bond motifs is 1. The van der Waals surface area contributed by atoms with Gasteiger partial charge in [0, 0.05) is 31.6 Å². The van der Waals surface area contributed by atoms with Crippen molar-refractivity contribution in [1.82, 2.24) is 15.2 Å². The summed E-state index contributed by atoms with van der Waals surface area (Å²) in [4.78, 5) is 18.6. The molecule has 0 aliphatic carbocycles. The highest BCUT2D eigenvalue weighted by molar-refractivity contribution is 6.35. The Balaban J connectivity index is 1.96. The summed E-state index contributed by atoms with van der Waals surface area (Å²) in [7, 11) is 0. The molecule has 0 saturated carbocycles. The van der Waals surface area contributed by atoms with Crippen LogP contribution in [0.2, 0.25) is 5.02 Å². The molecule has 19 heavy (non-hydrogen) atoms. The van der Waals surface area contributed by atoms with Gasteiger partial charge >= 0.3 is 0 Å². The lowest BCUT2D eigenvalue weighted by molar-refractivity contribution is 0.0730. The molecule has 0 spiro atoms. The highest BCUT2D eigenvalue weighted by Gasteiger charge is 2.19. The molecule has 1 aliphatic heterocycles. The lowest BCUT2D eigenvalue weighted by Crippen LogP contribution is -2.46. The molecule has 1 aromatic carbocycles. The molecule has 1 amide bonds. The fourth-order valence-electron chi connectivity index (χ4n) is 2.26. The number of benzene rings is 1. The predicted octanol–water partition coefficient (Wildman–Crippen LogP) is 1.93. The molecular weight excluding hydrogens is 262 g/mol. The van der Waals surface area contributed by atoms with E-state index in [-0.39, 0.29) is 5.91 Å². The van der Waals surface area contributed by atoms with Gasteiger partial charge in [0.2, 0.25) is 0 Å². The number of aromatic nitrogens is 1. The minimum absolute atomic E-state index is 0.0247. The number of carbonyl (C=O) groups is 1. The fraction of sp³-hybridized carbons (Fsp3) is 0.286. The van der Waals surface area contributed by atoms with Gasteiger partial charge in [0.1, 0.15) is 5.69 Å². The maximum absolute atomic E-state index is 12.3. The van der Waals surface area contributed by atoms with Crippen LogP contribution in [0.1, 0.15) is 10.5 Å². The quantitative estimate of drug-likeness (QED) is 0.865. The van der Waals surface area contributed by atoms with Crippen molar-refractivity contribution >= 4 is 28.4 Å². The van der Waals surface area contributed by atoms with Crippen molar-refractivity contribution in [3.8, 4) is 0 Å². The number of halogens is 1. The molecule has 98 valence electrons. The van der Waals surface area contributed by atoms with Gasteiger partial charge in [0.15, 0.2) is 0 Å². The molecule has 1 aromatic heterocycles. The van der Waals surface area contributed by atoms with Crippen molar-refractivity contribution in [3.63, 3.8) is 0 Å². The van der Waals surface area contributed by atoms with Crippen molar-refractivity contribution in [2.24, 2.45) is 0 Å². The van der Waals surface area contributed by atoms with Gasteiger partial charge in [-0.05, 0) is 12.1 Å². The number of nitrogens with one attached hydrogen (secondary N) is 1. The third kappa shape index (κ3) is 2.41. The van der Waals surface area contributed by atoms with Crippen molar-refractivity contribution < 1.29 is 4.79 Å². The molecule has 2 aromatic rings. The second kappa shape index (κ2) is 5.15. The number of para-hydroxylation sites is 1. The Hall–Kier alpha value is -1.65. The van der Waals surface area contributed by atoms with E-state index in [9.17, 15) is 4.79 Å². The number of piperazine rings is 1. The molecule has 1 N–H and O–H groups in total. The van der Waals surface area contributed by atoms with E-state index in [1.807, 2.05) is 23.1 Å². The molecule has 0 radical (unpaired) electrons. The largest absolute Gasteiger partial charge is 0.335 e. The first-order valence-electron chi connectivity index (χ1n) is 6.31. The van der Waals surface area contributed by atoms with Gasteiger partial charge in [0.25, 0.3) is 5.91 Å². The summed E-state index contributed by atoms with van der Waals surface area (Å²) in [5.41, 5.74) is 1.15. The fourth-order valence-corrected chi connectivity index (χ4v) is 2.48. The van der Waals surface area contributed by atoms with Crippen LogP contribution in [0.25, 0.3) is 10.9 Å². The zero-order valence-corrected chi connectivity index (χ0v) is 11.2. The number of amides is 1. The zero-order chi connectivity index (χ0) is 13.2. The van der Waals surface area contributed by atoms with E-state index in [1.54, 1.807) is 12.1 Å². The van der Waals surface area contributed by atoms with Gasteiger partial charge in [-0.15, -0.1) is 0 Å². The minimum atomic E-state index is -0.0247. The van der Waals surface area contributed by atoms with Crippen LogP contribution in [-0.2, 0) is 0 Å². The van der Waals surface area contributed by atoms with E-state index >= 15 is 0 Å². The summed E-state index contributed by atoms with van der Waals surface area (Å²) in [5.74, 6) is -0.0247. The van der Waals surface area contributed by atoms with Crippen LogP contribution in [0, 0.1) is 0 Å². The molecule has 1 fully saturated rings. The van der Waals surface area contributed by atoms with Crippen LogP contribution >= 0.6 is 11.6 Å². The average Bonchev–Trinajstić information content (AvgIpc) is 2.47. The topological polar surface area (TPSA) is 45.2 Å². The SMILES string of the molecule is O=C(c1ccc2cccc(Cl)c2n1)N1CCNCC1. The molecule has 5 heteroatoms. The van der Waals surface area contributed by atoms with Gasteiger partial charge in [-0.1, -0.05) is 29.8 Å². The third-order valence-electron chi connectivity index (χ3n) is 3.29. The molecule has 1 saturated heterocycles. The van der Waals surface area contributed by atoms with Crippen LogP contribution in [0.3, 0.4) is 0 Å². The highest BCUT2D eigenvalue weighted by atomic mass is 35.5. The Labute approximate surface area is 116 Å². The van der Waals surface area contributed by atoms with Gasteiger partial charge in [-0.2, -0.15) is 0 Å². The summed E-state index contributed by atoms with van der Waals surface area (Å²) in [5, 5.41) is 4.75. The third-order valence-corrected chi connectivity index (χ3v) is 3.60. The molecular formula is C14H14ClN3O. The maximum atomic E-state index is 12.3. The standard InChI is InChI=1S/C14H14ClN3O/c15-11-3-1-2-10-4-5-12(17-13(10)11)14(19)18-8-6-16-7-9-18/h1-5,16H,6-9H2. The summed E-state index contributed by atoms with van der Waals surface area (Å²) >= 11 is 6.12. The van der Waals surface area contributed by atoms with Gasteiger partial charge in [-0.3, -0.25) is 4.79 Å². The molecule has 3 rings (SSSR count). The summed E-state index contributed by atoms with van der Waals surface area (Å²) in [6.07, 6.45) is 0. The zero-order valence-electron chi connectivity index (χ0n) is 10.4. The number of hydrogen-bond donors (Lipinski definition) is 1. The van der Waals surface area contributed by atoms with Crippen molar-refractivity contribution in [2.75, 3.05) is 26.2 Å². The minimum Gasteiger partial charge on any atom is -0.335 e. The maximum Gasteiger partial charge on any atom is 0.272 e. The molecule has 1 aliphatic rings. The normalized spacial score (nSPS) is 15.7. The van der Waals surface area contributed by atoms with Gasteiger partial charge in [-0.25, -0.2) is 4.98 Å². The van der Waals surface area contributed by atoms with Crippen molar-refractivity contribution in [2.45, 2.75) is 0 Å². The number of rotatable bonds is 1. The number of hydrogen-bond acceptors (Lipinski definition) is 3. The Morgan fingerprint density at radius 2 is 2.00 bits per heavy atom. The summed E-state index contributed by atoms with van der Waals surface area (Å²) < 4.78 is 0. The van der Waals surface area contributed by atoms with E-state index in [1.165, 1.54) is 0 Å². The van der Waals surface area contributed by atoms with Gasteiger partial charge in [0.05, 0.1) is 10.5 Å². The second-order valence-corrected chi connectivity index (χ2v) is 4.96. The Bertz CT molecular complexity index is 623. The first kappa shape index (κ1) is 12.4. The monoisotopic (exact) mass is 275 g/mol. The number of nitrogens with zero attached hydrogens (tertiary/aromatic N) is 2. The van der Waals surface area contributed by atoms with Crippen LogP contribution < -0.4 is 5.32 Å². The van der Waals surface area contributed by atoms with Crippen LogP contribution in [0.15, 0.2) is 30.3 Å². The summed E-state index contributed by atoms with van der Waals surface area (Å²) in [6.45, 7) is 3.11. The summed E-state index contributed by atoms with van der Waals surface area (Å²) in [6, 6.07) is 9.26. The Morgan fingerprint density at radius 3 is 2.79 bits per heavy atom. The van der Waals surface area contributed by atoms with Crippen molar-refractivity contribution in [1.29, 1.82) is 0 Å². The lowest BCUT2D eigenvalue weighted by atomic mass is 10.2. The molecule has 0 atom stereocenters. The van der Waals surface area contributed by atoms with E-state index in [2.05, 4.69) is 10.3 Å². The van der Waals surface area contributed by atoms with Crippen LogP contribution in [0.5, 0.6) is 0 Å². The number of carbonyl (C=O) groups excluding carboxylic acids is 1. The molecule has 0 unspecified atom stereocenters. The Morgan fingerprint density at radius 1 is 1.21 bits per heavy atom. The van der Waals surface area contributed by atoms with Crippen LogP contribution in [0.4, 0.5) is 0 Å². The molecule has 2 heterocycles. The first-order chi connectivity index (χ1) is 9.25. The van der Waals surface area contributed by atoms with Crippen LogP contribution in [-0.4, -0.2) is 42.0 Å². The number of pyridine rings is 1. The smallest absolute Gasteiger partial charge is 0.272 e. The average molecular weight is 276 g/mol. The van der Waals surface area contributed by atoms with E-state index in [0.717, 1.165) is 31.6 Å². The predicted molar refractivity (Wildman–Crippen MR) is 75.5 cm³/mol. The van der Waals surface area contributed by atoms with Crippen molar-refractivity contribution in [3.05, 3.63) is 41.0 Å². The van der Waals surface area contributed by atoms with E-state index in [0.29, 0.717) is 16.2 Å². The van der Waals surface area contributed by atoms with Gasteiger partial charge < -0.3 is 10.2 Å².